The van der Waals surface area contributed by atoms with Crippen LogP contribution in [0, 0.1) is 46.3 Å². The van der Waals surface area contributed by atoms with Crippen LogP contribution in [0.3, 0.4) is 0 Å². The fraction of sp³-hybridized carbons (Fsp3) is 0.867. The molecule has 3 fully saturated rings. The van der Waals surface area contributed by atoms with Crippen LogP contribution in [0.15, 0.2) is 22.8 Å². The second-order valence-corrected chi connectivity index (χ2v) is 12.7. The van der Waals surface area contributed by atoms with Gasteiger partial charge in [-0.3, -0.25) is 0 Å². The molecular weight excluding hydrogens is 360 g/mol. The monoisotopic (exact) mass is 410 g/mol. The molecule has 0 aromatic heterocycles. The molecule has 0 aromatic carbocycles. The van der Waals surface area contributed by atoms with E-state index in [1.165, 1.54) is 70.6 Å². The highest BCUT2D eigenvalue weighted by Gasteiger charge is 2.58. The zero-order chi connectivity index (χ0) is 21.7. The highest BCUT2D eigenvalue weighted by Crippen LogP contribution is 2.67. The molecule has 0 radical (unpaired) electrons. The zero-order valence-corrected chi connectivity index (χ0v) is 21.3. The molecular formula is C30H50. The minimum atomic E-state index is 0.572. The van der Waals surface area contributed by atoms with E-state index >= 15 is 0 Å². The number of rotatable bonds is 5. The molecule has 0 N–H and O–H groups in total. The summed E-state index contributed by atoms with van der Waals surface area (Å²) in [7, 11) is 0. The largest absolute Gasteiger partial charge is 0.0844 e. The molecule has 4 rings (SSSR count). The normalized spacial score (nSPS) is 43.8. The van der Waals surface area contributed by atoms with E-state index in [0.29, 0.717) is 10.8 Å². The highest BCUT2D eigenvalue weighted by molar-refractivity contribution is 5.28. The molecule has 30 heavy (non-hydrogen) atoms. The minimum Gasteiger partial charge on any atom is -0.0844 e. The Morgan fingerprint density at radius 3 is 2.47 bits per heavy atom. The van der Waals surface area contributed by atoms with Gasteiger partial charge in [0, 0.05) is 0 Å². The maximum atomic E-state index is 2.80. The molecule has 0 spiro atoms. The van der Waals surface area contributed by atoms with Crippen molar-refractivity contribution >= 4 is 0 Å². The molecule has 4 aliphatic rings. The number of fused-ring (bicyclic) bond motifs is 5. The lowest BCUT2D eigenvalue weighted by Crippen LogP contribution is -2.50. The van der Waals surface area contributed by atoms with Crippen LogP contribution in [0.1, 0.15) is 119 Å². The van der Waals surface area contributed by atoms with Crippen molar-refractivity contribution < 1.29 is 0 Å². The second kappa shape index (κ2) is 8.44. The minimum absolute atomic E-state index is 0.572. The molecule has 0 aliphatic heterocycles. The molecule has 3 saturated carbocycles. The van der Waals surface area contributed by atoms with Gasteiger partial charge in [0.05, 0.1) is 0 Å². The first-order chi connectivity index (χ1) is 14.2. The Morgan fingerprint density at radius 1 is 1.03 bits per heavy atom. The predicted molar refractivity (Wildman–Crippen MR) is 131 cm³/mol. The van der Waals surface area contributed by atoms with Crippen molar-refractivity contribution in [3.63, 3.8) is 0 Å². The summed E-state index contributed by atoms with van der Waals surface area (Å²) >= 11 is 0. The van der Waals surface area contributed by atoms with Crippen molar-refractivity contribution in [3.8, 4) is 0 Å². The van der Waals surface area contributed by atoms with Crippen molar-refractivity contribution in [2.45, 2.75) is 119 Å². The Bertz CT molecular complexity index is 691. The van der Waals surface area contributed by atoms with E-state index in [1.54, 1.807) is 11.1 Å². The first-order valence-electron chi connectivity index (χ1n) is 13.6. The smallest absolute Gasteiger partial charge is 0.0143 e. The Kier molecular flexibility index (Phi) is 6.38. The molecule has 170 valence electrons. The Hall–Kier alpha value is -0.520. The molecule has 0 amide bonds. The maximum absolute atomic E-state index is 2.80. The van der Waals surface area contributed by atoms with Gasteiger partial charge >= 0.3 is 0 Å². The summed E-state index contributed by atoms with van der Waals surface area (Å²) in [5, 5.41) is 0. The summed E-state index contributed by atoms with van der Waals surface area (Å²) in [6.45, 7) is 17.5. The molecule has 0 nitrogen and oxygen atoms in total. The predicted octanol–water partition coefficient (Wildman–Crippen LogP) is 9.36. The third kappa shape index (κ3) is 3.57. The summed E-state index contributed by atoms with van der Waals surface area (Å²) in [5.74, 6) is 5.51. The lowest BCUT2D eigenvalue weighted by atomic mass is 9.46. The van der Waals surface area contributed by atoms with Crippen LogP contribution in [0.5, 0.6) is 0 Å². The van der Waals surface area contributed by atoms with Gasteiger partial charge < -0.3 is 0 Å². The second-order valence-electron chi connectivity index (χ2n) is 12.7. The van der Waals surface area contributed by atoms with Gasteiger partial charge in [0.2, 0.25) is 0 Å². The van der Waals surface area contributed by atoms with E-state index in [9.17, 15) is 0 Å². The molecule has 8 atom stereocenters. The average Bonchev–Trinajstić information content (AvgIpc) is 3.05. The molecule has 4 aliphatic carbocycles. The van der Waals surface area contributed by atoms with Crippen molar-refractivity contribution in [1.82, 2.24) is 0 Å². The van der Waals surface area contributed by atoms with E-state index < -0.39 is 0 Å². The van der Waals surface area contributed by atoms with Gasteiger partial charge in [0.25, 0.3) is 0 Å². The van der Waals surface area contributed by atoms with Crippen LogP contribution in [0.25, 0.3) is 0 Å². The van der Waals surface area contributed by atoms with Crippen LogP contribution in [-0.4, -0.2) is 0 Å². The third-order valence-electron chi connectivity index (χ3n) is 11.2. The lowest BCUT2D eigenvalue weighted by Gasteiger charge is -2.58. The fourth-order valence-corrected chi connectivity index (χ4v) is 9.39. The highest BCUT2D eigenvalue weighted by atomic mass is 14.6. The van der Waals surface area contributed by atoms with Crippen LogP contribution in [-0.2, 0) is 0 Å². The van der Waals surface area contributed by atoms with Crippen molar-refractivity contribution in [2.24, 2.45) is 46.3 Å². The Morgan fingerprint density at radius 2 is 1.77 bits per heavy atom. The quantitative estimate of drug-likeness (QED) is 0.396. The van der Waals surface area contributed by atoms with Crippen molar-refractivity contribution in [3.05, 3.63) is 22.8 Å². The topological polar surface area (TPSA) is 0 Å². The van der Waals surface area contributed by atoms with Gasteiger partial charge in [0.1, 0.15) is 0 Å². The SMILES string of the molecule is CCC(CC[C@@H](C)[C@H]1CC[C@H]2C3=CCC4[C@H](C)CCC[C@]4(C)[C@H]3CC[C@]12C)=C(C)C. The Balaban J connectivity index is 1.52. The van der Waals surface area contributed by atoms with Crippen LogP contribution < -0.4 is 0 Å². The van der Waals surface area contributed by atoms with E-state index in [4.69, 9.17) is 0 Å². The summed E-state index contributed by atoms with van der Waals surface area (Å²) in [6, 6.07) is 0. The first kappa shape index (κ1) is 22.7. The third-order valence-corrected chi connectivity index (χ3v) is 11.2. The zero-order valence-electron chi connectivity index (χ0n) is 21.3. The molecule has 0 heteroatoms. The molecule has 0 aromatic rings. The van der Waals surface area contributed by atoms with Gasteiger partial charge in [-0.05, 0) is 118 Å². The van der Waals surface area contributed by atoms with E-state index in [1.807, 2.05) is 5.57 Å². The van der Waals surface area contributed by atoms with E-state index in [0.717, 1.165) is 35.5 Å². The first-order valence-corrected chi connectivity index (χ1v) is 13.6. The molecule has 0 bridgehead atoms. The Labute approximate surface area is 188 Å². The summed E-state index contributed by atoms with van der Waals surface area (Å²) < 4.78 is 0. The van der Waals surface area contributed by atoms with Gasteiger partial charge in [-0.25, -0.2) is 0 Å². The molecule has 0 heterocycles. The number of allylic oxidation sites excluding steroid dienone is 4. The summed E-state index contributed by atoms with van der Waals surface area (Å²) in [6.07, 6.45) is 18.6. The van der Waals surface area contributed by atoms with Crippen LogP contribution in [0.2, 0.25) is 0 Å². The maximum Gasteiger partial charge on any atom is -0.0143 e. The van der Waals surface area contributed by atoms with Crippen molar-refractivity contribution in [2.75, 3.05) is 0 Å². The number of hydrogen-bond donors (Lipinski definition) is 0. The summed E-state index contributed by atoms with van der Waals surface area (Å²) in [5.41, 5.74) is 6.41. The van der Waals surface area contributed by atoms with Crippen molar-refractivity contribution in [1.29, 1.82) is 0 Å². The summed E-state index contributed by atoms with van der Waals surface area (Å²) in [4.78, 5) is 0. The van der Waals surface area contributed by atoms with Crippen LogP contribution in [0.4, 0.5) is 0 Å². The standard InChI is InChI=1S/C30H50/c1-8-23(20(2)3)12-11-22(5)26-15-16-27-24-13-14-25-21(4)10-9-18-29(25,6)28(24)17-19-30(26,27)7/h13,21-22,25-28H,8-12,14-19H2,1-7H3/t21-,22-,25?,26-,27+,28+,29+,30-/m1/s1. The molecule has 0 saturated heterocycles. The van der Waals surface area contributed by atoms with Crippen LogP contribution >= 0.6 is 0 Å². The van der Waals surface area contributed by atoms with Gasteiger partial charge in [0.15, 0.2) is 0 Å². The van der Waals surface area contributed by atoms with Gasteiger partial charge in [-0.2, -0.15) is 0 Å². The van der Waals surface area contributed by atoms with E-state index in [2.05, 4.69) is 54.5 Å². The van der Waals surface area contributed by atoms with E-state index in [-0.39, 0.29) is 0 Å². The van der Waals surface area contributed by atoms with Gasteiger partial charge in [-0.15, -0.1) is 0 Å². The lowest BCUT2D eigenvalue weighted by molar-refractivity contribution is -0.0285. The fourth-order valence-electron chi connectivity index (χ4n) is 9.39. The number of hydrogen-bond acceptors (Lipinski definition) is 0. The average molecular weight is 411 g/mol. The molecule has 1 unspecified atom stereocenters. The van der Waals surface area contributed by atoms with Gasteiger partial charge in [-0.1, -0.05) is 70.3 Å².